The third kappa shape index (κ3) is 5.00. The summed E-state index contributed by atoms with van der Waals surface area (Å²) in [6.45, 7) is 1.59. The van der Waals surface area contributed by atoms with Crippen molar-refractivity contribution in [1.82, 2.24) is 16.0 Å². The van der Waals surface area contributed by atoms with Crippen molar-refractivity contribution in [3.63, 3.8) is 0 Å². The zero-order valence-corrected chi connectivity index (χ0v) is 9.81. The molecule has 1 atom stereocenters. The van der Waals surface area contributed by atoms with Crippen molar-refractivity contribution in [2.24, 2.45) is 0 Å². The van der Waals surface area contributed by atoms with Gasteiger partial charge in [0.05, 0.1) is 6.42 Å². The van der Waals surface area contributed by atoms with Crippen LogP contribution in [0.2, 0.25) is 0 Å². The first-order valence-electron chi connectivity index (χ1n) is 5.71. The first kappa shape index (κ1) is 14.2. The molecule has 0 aliphatic carbocycles. The maximum Gasteiger partial charge on any atom is 0.326 e. The van der Waals surface area contributed by atoms with Crippen molar-refractivity contribution in [1.29, 1.82) is 0 Å². The number of urea groups is 1. The van der Waals surface area contributed by atoms with Crippen LogP contribution in [0.15, 0.2) is 0 Å². The highest BCUT2D eigenvalue weighted by molar-refractivity contribution is 5.86. The first-order valence-corrected chi connectivity index (χ1v) is 5.71. The second-order valence-electron chi connectivity index (χ2n) is 4.13. The average Bonchev–Trinajstić information content (AvgIpc) is 2.28. The third-order valence-corrected chi connectivity index (χ3v) is 2.66. The van der Waals surface area contributed by atoms with E-state index >= 15 is 0 Å². The Labute approximate surface area is 104 Å². The van der Waals surface area contributed by atoms with Crippen LogP contribution < -0.4 is 16.0 Å². The fraction of sp³-hybridized carbons (Fsp3) is 0.700. The van der Waals surface area contributed by atoms with Crippen LogP contribution in [0.5, 0.6) is 0 Å². The highest BCUT2D eigenvalue weighted by Crippen LogP contribution is 2.01. The Morgan fingerprint density at radius 3 is 2.33 bits per heavy atom. The lowest BCUT2D eigenvalue weighted by Crippen LogP contribution is -2.51. The molecule has 1 aliphatic heterocycles. The molecule has 1 aliphatic rings. The Morgan fingerprint density at radius 2 is 1.83 bits per heavy atom. The van der Waals surface area contributed by atoms with E-state index in [1.165, 1.54) is 0 Å². The normalized spacial score (nSPS) is 17.8. The summed E-state index contributed by atoms with van der Waals surface area (Å²) >= 11 is 0. The van der Waals surface area contributed by atoms with Gasteiger partial charge in [-0.1, -0.05) is 0 Å². The number of amides is 2. The van der Waals surface area contributed by atoms with Crippen LogP contribution in [0.1, 0.15) is 19.3 Å². The summed E-state index contributed by atoms with van der Waals surface area (Å²) in [6, 6.07) is -2.06. The van der Waals surface area contributed by atoms with Gasteiger partial charge in [-0.15, -0.1) is 0 Å². The van der Waals surface area contributed by atoms with Crippen molar-refractivity contribution in [2.75, 3.05) is 13.1 Å². The van der Waals surface area contributed by atoms with Crippen LogP contribution in [0, 0.1) is 0 Å². The van der Waals surface area contributed by atoms with Gasteiger partial charge in [-0.25, -0.2) is 9.59 Å². The lowest BCUT2D eigenvalue weighted by Gasteiger charge is -2.24. The second kappa shape index (κ2) is 6.80. The van der Waals surface area contributed by atoms with Crippen molar-refractivity contribution in [2.45, 2.75) is 31.3 Å². The second-order valence-corrected chi connectivity index (χ2v) is 4.13. The number of hydrogen-bond acceptors (Lipinski definition) is 4. The van der Waals surface area contributed by atoms with Crippen molar-refractivity contribution >= 4 is 18.0 Å². The van der Waals surface area contributed by atoms with Crippen molar-refractivity contribution in [3.8, 4) is 0 Å². The predicted octanol–water partition coefficient (Wildman–Crippen LogP) is -1.03. The molecule has 1 saturated heterocycles. The highest BCUT2D eigenvalue weighted by Gasteiger charge is 2.24. The van der Waals surface area contributed by atoms with Crippen LogP contribution in [0.25, 0.3) is 0 Å². The maximum atomic E-state index is 11.5. The molecule has 0 aromatic rings. The SMILES string of the molecule is O=C(O)C[C@@H](NC(=O)NC1CCNCC1)C(=O)O. The number of carboxylic acid groups (broad SMARTS) is 2. The molecule has 102 valence electrons. The van der Waals surface area contributed by atoms with E-state index in [0.717, 1.165) is 25.9 Å². The van der Waals surface area contributed by atoms with E-state index in [0.29, 0.717) is 0 Å². The molecule has 1 heterocycles. The molecule has 1 rings (SSSR count). The van der Waals surface area contributed by atoms with E-state index in [1.54, 1.807) is 0 Å². The smallest absolute Gasteiger partial charge is 0.326 e. The van der Waals surface area contributed by atoms with Crippen LogP contribution in [0.3, 0.4) is 0 Å². The maximum absolute atomic E-state index is 11.5. The van der Waals surface area contributed by atoms with Gasteiger partial charge in [0, 0.05) is 6.04 Å². The monoisotopic (exact) mass is 259 g/mol. The van der Waals surface area contributed by atoms with Crippen LogP contribution >= 0.6 is 0 Å². The van der Waals surface area contributed by atoms with Gasteiger partial charge < -0.3 is 26.2 Å². The molecule has 0 radical (unpaired) electrons. The van der Waals surface area contributed by atoms with E-state index in [2.05, 4.69) is 16.0 Å². The number of aliphatic carboxylic acids is 2. The summed E-state index contributed by atoms with van der Waals surface area (Å²) in [6.07, 6.45) is 0.892. The molecule has 8 heteroatoms. The van der Waals surface area contributed by atoms with E-state index < -0.39 is 30.4 Å². The Bertz CT molecular complexity index is 327. The summed E-state index contributed by atoms with van der Waals surface area (Å²) in [5, 5.41) is 25.2. The minimum Gasteiger partial charge on any atom is -0.481 e. The van der Waals surface area contributed by atoms with Gasteiger partial charge in [0.2, 0.25) is 0 Å². The largest absolute Gasteiger partial charge is 0.481 e. The van der Waals surface area contributed by atoms with Gasteiger partial charge in [0.25, 0.3) is 0 Å². The minimum atomic E-state index is -1.41. The summed E-state index contributed by atoms with van der Waals surface area (Å²) in [5.41, 5.74) is 0. The summed E-state index contributed by atoms with van der Waals surface area (Å²) in [4.78, 5) is 32.7. The summed E-state index contributed by atoms with van der Waals surface area (Å²) < 4.78 is 0. The zero-order chi connectivity index (χ0) is 13.5. The molecule has 18 heavy (non-hydrogen) atoms. The lowest BCUT2D eigenvalue weighted by molar-refractivity contribution is -0.145. The molecule has 0 aromatic carbocycles. The van der Waals surface area contributed by atoms with Gasteiger partial charge in [-0.2, -0.15) is 0 Å². The zero-order valence-electron chi connectivity index (χ0n) is 9.81. The predicted molar refractivity (Wildman–Crippen MR) is 61.2 cm³/mol. The molecule has 0 spiro atoms. The van der Waals surface area contributed by atoms with Crippen LogP contribution in [0.4, 0.5) is 4.79 Å². The minimum absolute atomic E-state index is 0.00878. The van der Waals surface area contributed by atoms with Gasteiger partial charge >= 0.3 is 18.0 Å². The van der Waals surface area contributed by atoms with Gasteiger partial charge in [-0.3, -0.25) is 4.79 Å². The van der Waals surface area contributed by atoms with Gasteiger partial charge in [0.1, 0.15) is 6.04 Å². The van der Waals surface area contributed by atoms with Crippen LogP contribution in [-0.2, 0) is 9.59 Å². The molecular weight excluding hydrogens is 242 g/mol. The van der Waals surface area contributed by atoms with E-state index in [-0.39, 0.29) is 6.04 Å². The molecule has 5 N–H and O–H groups in total. The fourth-order valence-electron chi connectivity index (χ4n) is 1.73. The number of carboxylic acids is 2. The lowest BCUT2D eigenvalue weighted by atomic mass is 10.1. The molecule has 0 unspecified atom stereocenters. The number of rotatable bonds is 5. The van der Waals surface area contributed by atoms with Crippen molar-refractivity contribution < 1.29 is 24.6 Å². The standard InChI is InChI=1S/C10H17N3O5/c14-8(15)5-7(9(16)17)13-10(18)12-6-1-3-11-4-2-6/h6-7,11H,1-5H2,(H,14,15)(H,16,17)(H2,12,13,18)/t7-/m1/s1. The van der Waals surface area contributed by atoms with E-state index in [9.17, 15) is 14.4 Å². The average molecular weight is 259 g/mol. The molecule has 2 amide bonds. The Morgan fingerprint density at radius 1 is 1.22 bits per heavy atom. The Balaban J connectivity index is 2.40. The highest BCUT2D eigenvalue weighted by atomic mass is 16.4. The fourth-order valence-corrected chi connectivity index (χ4v) is 1.73. The molecule has 0 bridgehead atoms. The number of piperidine rings is 1. The quantitative estimate of drug-likeness (QED) is 0.429. The molecule has 0 saturated carbocycles. The number of carbonyl (C=O) groups is 3. The first-order chi connectivity index (χ1) is 8.49. The third-order valence-electron chi connectivity index (χ3n) is 2.66. The number of carbonyl (C=O) groups excluding carboxylic acids is 1. The Hall–Kier alpha value is -1.83. The molecule has 1 fully saturated rings. The van der Waals surface area contributed by atoms with Gasteiger partial charge in [0.15, 0.2) is 0 Å². The van der Waals surface area contributed by atoms with Crippen LogP contribution in [-0.4, -0.2) is 53.4 Å². The Kier molecular flexibility index (Phi) is 5.37. The summed E-state index contributed by atoms with van der Waals surface area (Å²) in [7, 11) is 0. The van der Waals surface area contributed by atoms with Crippen molar-refractivity contribution in [3.05, 3.63) is 0 Å². The number of nitrogens with one attached hydrogen (secondary N) is 3. The molecule has 0 aromatic heterocycles. The van der Waals surface area contributed by atoms with Gasteiger partial charge in [-0.05, 0) is 25.9 Å². The number of hydrogen-bond donors (Lipinski definition) is 5. The van der Waals surface area contributed by atoms with E-state index in [4.69, 9.17) is 10.2 Å². The summed E-state index contributed by atoms with van der Waals surface area (Å²) in [5.74, 6) is -2.64. The molecular formula is C10H17N3O5. The van der Waals surface area contributed by atoms with E-state index in [1.807, 2.05) is 0 Å². The molecule has 8 nitrogen and oxygen atoms in total. The topological polar surface area (TPSA) is 128 Å².